The van der Waals surface area contributed by atoms with Crippen LogP contribution in [0.2, 0.25) is 0 Å². The Kier molecular flexibility index (Phi) is 6.21. The zero-order chi connectivity index (χ0) is 14.3. The summed E-state index contributed by atoms with van der Waals surface area (Å²) in [5.74, 6) is -1.85. The molecule has 0 amide bonds. The number of halogens is 2. The van der Waals surface area contributed by atoms with E-state index < -0.39 is 17.7 Å². The molecule has 106 valence electrons. The summed E-state index contributed by atoms with van der Waals surface area (Å²) in [7, 11) is 1.63. The molecule has 19 heavy (non-hydrogen) atoms. The Morgan fingerprint density at radius 1 is 1.42 bits per heavy atom. The highest BCUT2D eigenvalue weighted by molar-refractivity contribution is 5.75. The molecule has 0 aliphatic carbocycles. The fourth-order valence-corrected chi connectivity index (χ4v) is 1.50. The lowest BCUT2D eigenvalue weighted by Crippen LogP contribution is -2.36. The molecule has 0 saturated heterocycles. The summed E-state index contributed by atoms with van der Waals surface area (Å²) in [5.41, 5.74) is 0. The predicted octanol–water partition coefficient (Wildman–Crippen LogP) is 1.88. The molecule has 0 aliphatic rings. The van der Waals surface area contributed by atoms with Gasteiger partial charge in [0.15, 0.2) is 11.6 Å². The highest BCUT2D eigenvalue weighted by Crippen LogP contribution is 2.17. The number of benzene rings is 1. The lowest BCUT2D eigenvalue weighted by atomic mass is 10.2. The predicted molar refractivity (Wildman–Crippen MR) is 66.0 cm³/mol. The monoisotopic (exact) mass is 273 g/mol. The third-order valence-corrected chi connectivity index (χ3v) is 2.48. The molecule has 1 aromatic rings. The molecule has 1 aromatic carbocycles. The van der Waals surface area contributed by atoms with E-state index in [0.717, 1.165) is 12.1 Å². The minimum absolute atomic E-state index is 0.0416. The van der Waals surface area contributed by atoms with Crippen molar-refractivity contribution in [2.75, 3.05) is 20.3 Å². The van der Waals surface area contributed by atoms with Crippen LogP contribution in [-0.4, -0.2) is 32.3 Å². The van der Waals surface area contributed by atoms with Crippen molar-refractivity contribution in [2.24, 2.45) is 0 Å². The van der Waals surface area contributed by atoms with Crippen LogP contribution in [0.5, 0.6) is 5.75 Å². The zero-order valence-electron chi connectivity index (χ0n) is 10.9. The van der Waals surface area contributed by atoms with Crippen LogP contribution in [0.15, 0.2) is 18.2 Å². The first-order valence-corrected chi connectivity index (χ1v) is 6.00. The van der Waals surface area contributed by atoms with Crippen LogP contribution >= 0.6 is 0 Å². The molecule has 1 rings (SSSR count). The van der Waals surface area contributed by atoms with Crippen LogP contribution in [0.1, 0.15) is 13.3 Å². The second-order valence-corrected chi connectivity index (χ2v) is 3.81. The van der Waals surface area contributed by atoms with Crippen LogP contribution in [0.4, 0.5) is 8.78 Å². The largest absolute Gasteiger partial charge is 0.490 e. The molecule has 0 spiro atoms. The van der Waals surface area contributed by atoms with Crippen molar-refractivity contribution in [1.29, 1.82) is 0 Å². The van der Waals surface area contributed by atoms with Gasteiger partial charge >= 0.3 is 5.97 Å². The van der Waals surface area contributed by atoms with Crippen molar-refractivity contribution in [2.45, 2.75) is 19.4 Å². The van der Waals surface area contributed by atoms with E-state index in [4.69, 9.17) is 9.47 Å². The Balaban J connectivity index is 2.46. The van der Waals surface area contributed by atoms with Gasteiger partial charge in [0.05, 0.1) is 13.2 Å². The van der Waals surface area contributed by atoms with Crippen LogP contribution in [-0.2, 0) is 9.53 Å². The molecule has 1 atom stereocenters. The van der Waals surface area contributed by atoms with Gasteiger partial charge in [-0.1, -0.05) is 0 Å². The summed E-state index contributed by atoms with van der Waals surface area (Å²) in [6, 6.07) is 2.56. The van der Waals surface area contributed by atoms with E-state index in [2.05, 4.69) is 5.32 Å². The van der Waals surface area contributed by atoms with E-state index in [1.807, 2.05) is 0 Å². The average Bonchev–Trinajstić information content (AvgIpc) is 2.37. The smallest absolute Gasteiger partial charge is 0.323 e. The maximum atomic E-state index is 13.3. The van der Waals surface area contributed by atoms with E-state index >= 15 is 0 Å². The molecule has 6 heteroatoms. The topological polar surface area (TPSA) is 47.6 Å². The highest BCUT2D eigenvalue weighted by atomic mass is 19.1. The summed E-state index contributed by atoms with van der Waals surface area (Å²) in [5, 5.41) is 2.79. The van der Waals surface area contributed by atoms with Gasteiger partial charge in [-0.05, 0) is 26.1 Å². The maximum Gasteiger partial charge on any atom is 0.323 e. The third kappa shape index (κ3) is 4.82. The third-order valence-electron chi connectivity index (χ3n) is 2.48. The number of hydrogen-bond acceptors (Lipinski definition) is 4. The Labute approximate surface area is 110 Å². The van der Waals surface area contributed by atoms with E-state index in [0.29, 0.717) is 13.0 Å². The van der Waals surface area contributed by atoms with Crippen molar-refractivity contribution in [3.05, 3.63) is 29.8 Å². The minimum atomic E-state index is -0.767. The fraction of sp³-hybridized carbons (Fsp3) is 0.462. The fourth-order valence-electron chi connectivity index (χ4n) is 1.50. The Bertz CT molecular complexity index is 426. The minimum Gasteiger partial charge on any atom is -0.490 e. The van der Waals surface area contributed by atoms with Gasteiger partial charge in [-0.15, -0.1) is 0 Å². The first-order valence-electron chi connectivity index (χ1n) is 6.00. The van der Waals surface area contributed by atoms with Gasteiger partial charge in [0, 0.05) is 12.5 Å². The molecule has 0 aliphatic heterocycles. The molecule has 0 fully saturated rings. The number of ether oxygens (including phenoxy) is 2. The van der Waals surface area contributed by atoms with Crippen molar-refractivity contribution < 1.29 is 23.0 Å². The standard InChI is InChI=1S/C13H17F2NO3/c1-3-18-13(17)11(16-2)6-7-19-12-5-4-9(14)8-10(12)15/h4-5,8,11,16H,3,6-7H2,1-2H3. The van der Waals surface area contributed by atoms with Crippen molar-refractivity contribution in [3.8, 4) is 5.75 Å². The van der Waals surface area contributed by atoms with E-state index in [9.17, 15) is 13.6 Å². The van der Waals surface area contributed by atoms with Gasteiger partial charge in [-0.2, -0.15) is 0 Å². The van der Waals surface area contributed by atoms with E-state index in [-0.39, 0.29) is 18.3 Å². The average molecular weight is 273 g/mol. The Morgan fingerprint density at radius 3 is 2.74 bits per heavy atom. The summed E-state index contributed by atoms with van der Waals surface area (Å²) < 4.78 is 36.0. The number of carbonyl (C=O) groups is 1. The number of rotatable bonds is 7. The molecule has 0 bridgehead atoms. The summed E-state index contributed by atoms with van der Waals surface area (Å²) in [6.07, 6.45) is 0.326. The second-order valence-electron chi connectivity index (χ2n) is 3.81. The van der Waals surface area contributed by atoms with E-state index in [1.165, 1.54) is 6.07 Å². The molecule has 4 nitrogen and oxygen atoms in total. The van der Waals surface area contributed by atoms with Crippen LogP contribution in [0.25, 0.3) is 0 Å². The van der Waals surface area contributed by atoms with Crippen LogP contribution in [0.3, 0.4) is 0 Å². The zero-order valence-corrected chi connectivity index (χ0v) is 10.9. The Hall–Kier alpha value is -1.69. The molecule has 0 heterocycles. The first-order chi connectivity index (χ1) is 9.08. The van der Waals surface area contributed by atoms with Crippen LogP contribution in [0, 0.1) is 11.6 Å². The van der Waals surface area contributed by atoms with Gasteiger partial charge < -0.3 is 14.8 Å². The molecule has 0 aromatic heterocycles. The van der Waals surface area contributed by atoms with Gasteiger partial charge in [0.1, 0.15) is 11.9 Å². The normalized spacial score (nSPS) is 12.0. The number of esters is 1. The second kappa shape index (κ2) is 7.68. The van der Waals surface area contributed by atoms with Crippen molar-refractivity contribution in [3.63, 3.8) is 0 Å². The SMILES string of the molecule is CCOC(=O)C(CCOc1ccc(F)cc1F)NC. The van der Waals surface area contributed by atoms with Gasteiger partial charge in [-0.25, -0.2) is 8.78 Å². The first kappa shape index (κ1) is 15.4. The number of nitrogens with one attached hydrogen (secondary N) is 1. The molecular formula is C13H17F2NO3. The lowest BCUT2D eigenvalue weighted by Gasteiger charge is -2.15. The Morgan fingerprint density at radius 2 is 2.16 bits per heavy atom. The number of hydrogen-bond donors (Lipinski definition) is 1. The van der Waals surface area contributed by atoms with Gasteiger partial charge in [0.2, 0.25) is 0 Å². The number of carbonyl (C=O) groups excluding carboxylic acids is 1. The van der Waals surface area contributed by atoms with Gasteiger partial charge in [0.25, 0.3) is 0 Å². The van der Waals surface area contributed by atoms with Gasteiger partial charge in [-0.3, -0.25) is 4.79 Å². The molecule has 0 radical (unpaired) electrons. The molecule has 1 unspecified atom stereocenters. The highest BCUT2D eigenvalue weighted by Gasteiger charge is 2.17. The van der Waals surface area contributed by atoms with Crippen LogP contribution < -0.4 is 10.1 Å². The quantitative estimate of drug-likeness (QED) is 0.771. The van der Waals surface area contributed by atoms with Crippen molar-refractivity contribution in [1.82, 2.24) is 5.32 Å². The number of likely N-dealkylation sites (N-methyl/N-ethyl adjacent to an activating group) is 1. The summed E-state index contributed by atoms with van der Waals surface area (Å²) in [6.45, 7) is 2.13. The molecule has 1 N–H and O–H groups in total. The maximum absolute atomic E-state index is 13.3. The summed E-state index contributed by atoms with van der Waals surface area (Å²) >= 11 is 0. The van der Waals surface area contributed by atoms with E-state index in [1.54, 1.807) is 14.0 Å². The lowest BCUT2D eigenvalue weighted by molar-refractivity contribution is -0.145. The molecular weight excluding hydrogens is 256 g/mol. The summed E-state index contributed by atoms with van der Waals surface area (Å²) in [4.78, 5) is 11.5. The molecule has 0 saturated carbocycles. The van der Waals surface area contributed by atoms with Crippen molar-refractivity contribution >= 4 is 5.97 Å².